The molecule has 1 aromatic carbocycles. The van der Waals surface area contributed by atoms with Crippen LogP contribution >= 0.6 is 0 Å². The highest BCUT2D eigenvalue weighted by Crippen LogP contribution is 2.68. The minimum Gasteiger partial charge on any atom is -0.393 e. The lowest BCUT2D eigenvalue weighted by Crippen LogP contribution is -2.48. The van der Waals surface area contributed by atoms with Gasteiger partial charge in [0.1, 0.15) is 5.78 Å². The average molecular weight is 381 g/mol. The second-order valence-corrected chi connectivity index (χ2v) is 9.95. The molecule has 1 aromatic rings. The van der Waals surface area contributed by atoms with Crippen molar-refractivity contribution in [2.45, 2.75) is 58.8 Å². The Morgan fingerprint density at radius 3 is 2.64 bits per heavy atom. The first-order valence-electron chi connectivity index (χ1n) is 11.0. The van der Waals surface area contributed by atoms with Gasteiger partial charge in [-0.1, -0.05) is 62.8 Å². The minimum atomic E-state index is -0.400. The maximum atomic E-state index is 13.3. The highest BCUT2D eigenvalue weighted by atomic mass is 16.5. The van der Waals surface area contributed by atoms with E-state index in [0.29, 0.717) is 42.5 Å². The summed E-state index contributed by atoms with van der Waals surface area (Å²) >= 11 is 0. The molecule has 0 heterocycles. The van der Waals surface area contributed by atoms with Crippen LogP contribution in [-0.4, -0.2) is 23.1 Å². The Hall–Kier alpha value is -1.45. The molecule has 0 amide bonds. The summed E-state index contributed by atoms with van der Waals surface area (Å²) in [5.74, 6) is 2.14. The van der Waals surface area contributed by atoms with Crippen LogP contribution in [0.5, 0.6) is 0 Å². The number of aliphatic hydroxyl groups is 1. The third-order valence-electron chi connectivity index (χ3n) is 8.50. The van der Waals surface area contributed by atoms with Gasteiger partial charge < -0.3 is 9.84 Å². The first-order chi connectivity index (χ1) is 13.4. The monoisotopic (exact) mass is 380 g/mol. The van der Waals surface area contributed by atoms with E-state index in [1.54, 1.807) is 0 Å². The fourth-order valence-corrected chi connectivity index (χ4v) is 7.54. The smallest absolute Gasteiger partial charge is 0.144 e. The zero-order chi connectivity index (χ0) is 19.6. The zero-order valence-corrected chi connectivity index (χ0v) is 17.2. The average Bonchev–Trinajstić information content (AvgIpc) is 3.23. The maximum Gasteiger partial charge on any atom is 0.144 e. The summed E-state index contributed by atoms with van der Waals surface area (Å²) in [6, 6.07) is 10.4. The summed E-state index contributed by atoms with van der Waals surface area (Å²) in [6.07, 6.45) is 4.66. The SMILES string of the molecule is C[C@H]1CC(=O)[C@@]23C1=C[C@@H]1[C@H](C2[C@H](O)C[C@@H]3C)[C@@H](C)C[C@@H]1OCc1ccccc1. The lowest BCUT2D eigenvalue weighted by molar-refractivity contribution is -0.132. The Bertz CT molecular complexity index is 799. The molecule has 1 spiro atoms. The second kappa shape index (κ2) is 6.53. The number of carbonyl (C=O) groups excluding carboxylic acids is 1. The maximum absolute atomic E-state index is 13.3. The molecule has 3 heteroatoms. The van der Waals surface area contributed by atoms with Crippen molar-refractivity contribution in [1.82, 2.24) is 0 Å². The van der Waals surface area contributed by atoms with Crippen LogP contribution in [0.1, 0.15) is 45.6 Å². The summed E-state index contributed by atoms with van der Waals surface area (Å²) in [7, 11) is 0. The van der Waals surface area contributed by atoms with Crippen molar-refractivity contribution in [3.05, 3.63) is 47.5 Å². The van der Waals surface area contributed by atoms with E-state index < -0.39 is 5.41 Å². The first kappa shape index (κ1) is 18.6. The molecule has 3 saturated carbocycles. The number of aliphatic hydroxyl groups excluding tert-OH is 1. The number of ether oxygens (including phenoxy) is 1. The van der Waals surface area contributed by atoms with Crippen LogP contribution in [-0.2, 0) is 16.1 Å². The molecule has 0 bridgehead atoms. The van der Waals surface area contributed by atoms with Gasteiger partial charge in [0, 0.05) is 18.3 Å². The van der Waals surface area contributed by atoms with Crippen LogP contribution in [0.3, 0.4) is 0 Å². The van der Waals surface area contributed by atoms with E-state index in [9.17, 15) is 9.90 Å². The fraction of sp³-hybridized carbons (Fsp3) is 0.640. The molecule has 0 saturated heterocycles. The van der Waals surface area contributed by atoms with E-state index in [4.69, 9.17) is 4.74 Å². The fourth-order valence-electron chi connectivity index (χ4n) is 7.54. The first-order valence-corrected chi connectivity index (χ1v) is 11.0. The van der Waals surface area contributed by atoms with Gasteiger partial charge >= 0.3 is 0 Å². The van der Waals surface area contributed by atoms with Gasteiger partial charge in [0.15, 0.2) is 0 Å². The number of hydrogen-bond donors (Lipinski definition) is 1. The Labute approximate surface area is 168 Å². The van der Waals surface area contributed by atoms with Crippen molar-refractivity contribution < 1.29 is 14.6 Å². The summed E-state index contributed by atoms with van der Waals surface area (Å²) in [6.45, 7) is 7.32. The Morgan fingerprint density at radius 2 is 1.89 bits per heavy atom. The number of rotatable bonds is 3. The summed E-state index contributed by atoms with van der Waals surface area (Å²) in [5, 5.41) is 11.1. The van der Waals surface area contributed by atoms with Crippen LogP contribution in [0.15, 0.2) is 42.0 Å². The minimum absolute atomic E-state index is 0.0743. The number of fused-ring (bicyclic) bond motifs is 2. The lowest BCUT2D eigenvalue weighted by atomic mass is 9.56. The second-order valence-electron chi connectivity index (χ2n) is 9.95. The standard InChI is InChI=1S/C25H32O3/c1-14-10-22(27)25-16(3)11-20(26)24(25)23-15(2)9-21(18(23)12-19(14)25)28-13-17-7-5-4-6-8-17/h4-8,12,14-16,18,20-21,23-24,26H,9-11,13H2,1-3H3/t14-,15-,16-,18-,20+,21-,23+,24?,25+/m0/s1. The van der Waals surface area contributed by atoms with Gasteiger partial charge in [-0.3, -0.25) is 4.79 Å². The van der Waals surface area contributed by atoms with E-state index in [-0.39, 0.29) is 24.0 Å². The Balaban J connectivity index is 1.50. The van der Waals surface area contributed by atoms with E-state index in [1.807, 2.05) is 6.07 Å². The van der Waals surface area contributed by atoms with Crippen LogP contribution in [0.4, 0.5) is 0 Å². The molecule has 5 rings (SSSR count). The van der Waals surface area contributed by atoms with Gasteiger partial charge in [-0.05, 0) is 42.1 Å². The molecule has 28 heavy (non-hydrogen) atoms. The topological polar surface area (TPSA) is 46.5 Å². The predicted molar refractivity (Wildman–Crippen MR) is 108 cm³/mol. The van der Waals surface area contributed by atoms with Gasteiger partial charge in [-0.2, -0.15) is 0 Å². The summed E-state index contributed by atoms with van der Waals surface area (Å²) < 4.78 is 6.44. The zero-order valence-electron chi connectivity index (χ0n) is 17.2. The van der Waals surface area contributed by atoms with Crippen molar-refractivity contribution in [2.24, 2.45) is 40.9 Å². The molecular weight excluding hydrogens is 348 g/mol. The highest BCUT2D eigenvalue weighted by Gasteiger charge is 2.69. The molecule has 3 nitrogen and oxygen atoms in total. The van der Waals surface area contributed by atoms with E-state index in [2.05, 4.69) is 51.1 Å². The third-order valence-corrected chi connectivity index (χ3v) is 8.50. The molecule has 1 N–H and O–H groups in total. The highest BCUT2D eigenvalue weighted by molar-refractivity contribution is 5.93. The molecule has 1 unspecified atom stereocenters. The van der Waals surface area contributed by atoms with E-state index >= 15 is 0 Å². The molecule has 150 valence electrons. The quantitative estimate of drug-likeness (QED) is 0.791. The number of Topliss-reactive ketones (excluding diaryl/α,β-unsaturated/α-hetero) is 1. The van der Waals surface area contributed by atoms with Gasteiger partial charge in [0.25, 0.3) is 0 Å². The van der Waals surface area contributed by atoms with Crippen LogP contribution in [0.25, 0.3) is 0 Å². The van der Waals surface area contributed by atoms with Crippen molar-refractivity contribution in [1.29, 1.82) is 0 Å². The van der Waals surface area contributed by atoms with Crippen molar-refractivity contribution in [3.8, 4) is 0 Å². The molecule has 3 fully saturated rings. The van der Waals surface area contributed by atoms with Crippen LogP contribution < -0.4 is 0 Å². The number of hydrogen-bond acceptors (Lipinski definition) is 3. The van der Waals surface area contributed by atoms with E-state index in [0.717, 1.165) is 12.8 Å². The number of allylic oxidation sites excluding steroid dienone is 1. The van der Waals surface area contributed by atoms with Gasteiger partial charge in [-0.15, -0.1) is 0 Å². The van der Waals surface area contributed by atoms with E-state index in [1.165, 1.54) is 11.1 Å². The largest absolute Gasteiger partial charge is 0.393 e. The molecule has 0 aliphatic heterocycles. The molecule has 9 atom stereocenters. The molecule has 0 radical (unpaired) electrons. The van der Waals surface area contributed by atoms with Crippen LogP contribution in [0, 0.1) is 40.9 Å². The summed E-state index contributed by atoms with van der Waals surface area (Å²) in [5.41, 5.74) is 2.13. The number of benzene rings is 1. The Morgan fingerprint density at radius 1 is 1.14 bits per heavy atom. The number of carbonyl (C=O) groups is 1. The Kier molecular flexibility index (Phi) is 4.33. The van der Waals surface area contributed by atoms with Gasteiger partial charge in [0.2, 0.25) is 0 Å². The van der Waals surface area contributed by atoms with Gasteiger partial charge in [-0.25, -0.2) is 0 Å². The number of ketones is 1. The van der Waals surface area contributed by atoms with Crippen molar-refractivity contribution in [3.63, 3.8) is 0 Å². The van der Waals surface area contributed by atoms with Crippen LogP contribution in [0.2, 0.25) is 0 Å². The molecule has 4 aliphatic carbocycles. The molecule has 4 aliphatic rings. The normalized spacial score (nSPS) is 46.9. The van der Waals surface area contributed by atoms with Crippen molar-refractivity contribution >= 4 is 5.78 Å². The molecular formula is C25H32O3. The van der Waals surface area contributed by atoms with Gasteiger partial charge in [0.05, 0.1) is 24.2 Å². The predicted octanol–water partition coefficient (Wildman–Crippen LogP) is 4.40. The lowest BCUT2D eigenvalue weighted by Gasteiger charge is -2.47. The third kappa shape index (κ3) is 2.39. The van der Waals surface area contributed by atoms with Crippen molar-refractivity contribution in [2.75, 3.05) is 0 Å². The summed E-state index contributed by atoms with van der Waals surface area (Å²) in [4.78, 5) is 13.3. The molecule has 0 aromatic heterocycles.